The number of aryl methyl sites for hydroxylation is 2. The van der Waals surface area contributed by atoms with Crippen molar-refractivity contribution in [3.05, 3.63) is 132 Å². The Labute approximate surface area is 303 Å². The molecule has 3 aromatic carbocycles. The van der Waals surface area contributed by atoms with E-state index in [4.69, 9.17) is 4.98 Å². The van der Waals surface area contributed by atoms with Gasteiger partial charge in [0.05, 0.1) is 9.79 Å². The molecule has 4 aromatic heterocycles. The van der Waals surface area contributed by atoms with E-state index in [2.05, 4.69) is 46.1 Å². The summed E-state index contributed by atoms with van der Waals surface area (Å²) in [5.41, 5.74) is 6.73. The van der Waals surface area contributed by atoms with Gasteiger partial charge in [-0.2, -0.15) is 0 Å². The van der Waals surface area contributed by atoms with Gasteiger partial charge in [0, 0.05) is 85.0 Å². The highest BCUT2D eigenvalue weighted by Gasteiger charge is 2.25. The Morgan fingerprint density at radius 1 is 0.615 bits per heavy atom. The third-order valence-electron chi connectivity index (χ3n) is 9.86. The van der Waals surface area contributed by atoms with Crippen molar-refractivity contribution in [1.29, 1.82) is 0 Å². The van der Waals surface area contributed by atoms with Crippen molar-refractivity contribution >= 4 is 42.1 Å². The number of hydrogen-bond donors (Lipinski definition) is 0. The third kappa shape index (κ3) is 6.21. The molecular formula is C40H38N6O4S2. The topological polar surface area (TPSA) is 110 Å². The number of aromatic nitrogens is 4. The molecule has 0 bridgehead atoms. The minimum atomic E-state index is -4.02. The van der Waals surface area contributed by atoms with E-state index in [0.717, 1.165) is 55.0 Å². The standard InChI is InChI=1S/C40H38N6O4S2/c1-28-4-12-35(13-5-28)51(47,48)45-17-16-32-22-34(25-41-39(32)45)38-27-46(52(49,50)36-14-6-29(2)7-15-36)40-37(38)23-33(24-42-40)31-10-8-30(9-11-31)26-44-20-18-43(3)19-21-44/h4-17,22-25,27H,18-21,26H2,1-3H3. The fourth-order valence-electron chi connectivity index (χ4n) is 6.71. The molecule has 0 N–H and O–H groups in total. The molecule has 0 spiro atoms. The Bertz CT molecular complexity index is 2660. The second-order valence-corrected chi connectivity index (χ2v) is 17.2. The largest absolute Gasteiger partial charge is 0.304 e. The van der Waals surface area contributed by atoms with Crippen molar-refractivity contribution in [3.8, 4) is 22.3 Å². The molecule has 7 aromatic rings. The van der Waals surface area contributed by atoms with Crippen LogP contribution in [0, 0.1) is 13.8 Å². The van der Waals surface area contributed by atoms with Crippen molar-refractivity contribution in [2.24, 2.45) is 0 Å². The average Bonchev–Trinajstić information content (AvgIpc) is 3.76. The van der Waals surface area contributed by atoms with Crippen molar-refractivity contribution in [2.75, 3.05) is 33.2 Å². The fourth-order valence-corrected chi connectivity index (χ4v) is 9.34. The molecule has 264 valence electrons. The smallest absolute Gasteiger partial charge is 0.269 e. The van der Waals surface area contributed by atoms with Crippen LogP contribution in [0.4, 0.5) is 0 Å². The molecule has 10 nitrogen and oxygen atoms in total. The summed E-state index contributed by atoms with van der Waals surface area (Å²) in [6.45, 7) is 8.90. The van der Waals surface area contributed by atoms with Gasteiger partial charge in [-0.3, -0.25) is 4.90 Å². The number of benzene rings is 3. The first-order chi connectivity index (χ1) is 25.0. The lowest BCUT2D eigenvalue weighted by atomic mass is 10.0. The molecule has 1 aliphatic rings. The first-order valence-electron chi connectivity index (χ1n) is 17.1. The predicted octanol–water partition coefficient (Wildman–Crippen LogP) is 6.56. The van der Waals surface area contributed by atoms with Gasteiger partial charge in [-0.15, -0.1) is 0 Å². The molecule has 0 amide bonds. The van der Waals surface area contributed by atoms with E-state index >= 15 is 0 Å². The molecule has 0 saturated carbocycles. The Kier molecular flexibility index (Phi) is 8.57. The predicted molar refractivity (Wildman–Crippen MR) is 204 cm³/mol. The highest BCUT2D eigenvalue weighted by atomic mass is 32.2. The number of hydrogen-bond acceptors (Lipinski definition) is 8. The van der Waals surface area contributed by atoms with Crippen LogP contribution in [-0.4, -0.2) is 77.8 Å². The van der Waals surface area contributed by atoms with E-state index < -0.39 is 20.0 Å². The molecule has 5 heterocycles. The van der Waals surface area contributed by atoms with Crippen molar-refractivity contribution in [3.63, 3.8) is 0 Å². The summed E-state index contributed by atoms with van der Waals surface area (Å²) in [5, 5.41) is 1.22. The van der Waals surface area contributed by atoms with E-state index in [-0.39, 0.29) is 21.1 Å². The second kappa shape index (κ2) is 13.1. The van der Waals surface area contributed by atoms with Gasteiger partial charge in [0.25, 0.3) is 20.0 Å². The Hall–Kier alpha value is -5.14. The Morgan fingerprint density at radius 2 is 1.19 bits per heavy atom. The summed E-state index contributed by atoms with van der Waals surface area (Å²) in [6.07, 6.45) is 6.37. The van der Waals surface area contributed by atoms with Crippen LogP contribution < -0.4 is 0 Å². The maximum absolute atomic E-state index is 14.1. The van der Waals surface area contributed by atoms with Crippen LogP contribution in [0.5, 0.6) is 0 Å². The van der Waals surface area contributed by atoms with E-state index in [1.807, 2.05) is 26.0 Å². The van der Waals surface area contributed by atoms with Gasteiger partial charge in [0.1, 0.15) is 0 Å². The van der Waals surface area contributed by atoms with Crippen LogP contribution in [0.2, 0.25) is 0 Å². The molecule has 0 atom stereocenters. The molecule has 1 fully saturated rings. The van der Waals surface area contributed by atoms with E-state index in [1.165, 1.54) is 19.7 Å². The molecule has 0 radical (unpaired) electrons. The van der Waals surface area contributed by atoms with Gasteiger partial charge in [0.2, 0.25) is 0 Å². The average molecular weight is 731 g/mol. The van der Waals surface area contributed by atoms with Gasteiger partial charge < -0.3 is 4.90 Å². The first-order valence-corrected chi connectivity index (χ1v) is 20.0. The van der Waals surface area contributed by atoms with Gasteiger partial charge in [-0.25, -0.2) is 34.7 Å². The Balaban J connectivity index is 1.21. The van der Waals surface area contributed by atoms with E-state index in [1.54, 1.807) is 73.2 Å². The van der Waals surface area contributed by atoms with E-state index in [0.29, 0.717) is 21.9 Å². The highest BCUT2D eigenvalue weighted by molar-refractivity contribution is 7.90. The molecule has 12 heteroatoms. The Morgan fingerprint density at radius 3 is 1.83 bits per heavy atom. The van der Waals surface area contributed by atoms with Gasteiger partial charge in [-0.05, 0) is 74.5 Å². The highest BCUT2D eigenvalue weighted by Crippen LogP contribution is 2.36. The summed E-state index contributed by atoms with van der Waals surface area (Å²) >= 11 is 0. The molecule has 52 heavy (non-hydrogen) atoms. The van der Waals surface area contributed by atoms with Crippen molar-refractivity contribution in [1.82, 2.24) is 27.7 Å². The third-order valence-corrected chi connectivity index (χ3v) is 13.2. The molecular weight excluding hydrogens is 693 g/mol. The number of pyridine rings is 2. The molecule has 8 rings (SSSR count). The number of likely N-dealkylation sites (N-methyl/N-ethyl adjacent to an activating group) is 1. The second-order valence-electron chi connectivity index (χ2n) is 13.6. The lowest BCUT2D eigenvalue weighted by molar-refractivity contribution is 0.148. The lowest BCUT2D eigenvalue weighted by Crippen LogP contribution is -2.43. The minimum Gasteiger partial charge on any atom is -0.304 e. The lowest BCUT2D eigenvalue weighted by Gasteiger charge is -2.32. The normalized spacial score (nSPS) is 14.8. The summed E-state index contributed by atoms with van der Waals surface area (Å²) in [7, 11) is -5.76. The van der Waals surface area contributed by atoms with Crippen LogP contribution >= 0.6 is 0 Å². The van der Waals surface area contributed by atoms with Crippen LogP contribution in [0.1, 0.15) is 16.7 Å². The molecule has 1 aliphatic heterocycles. The van der Waals surface area contributed by atoms with Crippen LogP contribution in [0.3, 0.4) is 0 Å². The first kappa shape index (κ1) is 34.0. The van der Waals surface area contributed by atoms with Crippen LogP contribution in [-0.2, 0) is 26.6 Å². The number of nitrogens with zero attached hydrogens (tertiary/aromatic N) is 6. The monoisotopic (exact) mass is 730 g/mol. The maximum atomic E-state index is 14.1. The molecule has 1 saturated heterocycles. The summed E-state index contributed by atoms with van der Waals surface area (Å²) in [6, 6.07) is 27.4. The fraction of sp³-hybridized carbons (Fsp3) is 0.200. The molecule has 0 unspecified atom stereocenters. The van der Waals surface area contributed by atoms with Crippen LogP contribution in [0.15, 0.2) is 126 Å². The van der Waals surface area contributed by atoms with Crippen molar-refractivity contribution < 1.29 is 16.8 Å². The van der Waals surface area contributed by atoms with Gasteiger partial charge >= 0.3 is 0 Å². The van der Waals surface area contributed by atoms with Gasteiger partial charge in [0.15, 0.2) is 11.3 Å². The summed E-state index contributed by atoms with van der Waals surface area (Å²) in [4.78, 5) is 14.5. The maximum Gasteiger partial charge on any atom is 0.269 e. The molecule has 0 aliphatic carbocycles. The zero-order chi connectivity index (χ0) is 36.2. The quantitative estimate of drug-likeness (QED) is 0.173. The summed E-state index contributed by atoms with van der Waals surface area (Å²) in [5.74, 6) is 0. The number of fused-ring (bicyclic) bond motifs is 2. The zero-order valence-corrected chi connectivity index (χ0v) is 30.8. The summed E-state index contributed by atoms with van der Waals surface area (Å²) < 4.78 is 57.7. The zero-order valence-electron chi connectivity index (χ0n) is 29.1. The minimum absolute atomic E-state index is 0.148. The van der Waals surface area contributed by atoms with E-state index in [9.17, 15) is 16.8 Å². The van der Waals surface area contributed by atoms with Crippen LogP contribution in [0.25, 0.3) is 44.3 Å². The number of rotatable bonds is 8. The van der Waals surface area contributed by atoms with Gasteiger partial charge in [-0.1, -0.05) is 59.7 Å². The number of piperazine rings is 1. The van der Waals surface area contributed by atoms with Crippen molar-refractivity contribution in [2.45, 2.75) is 30.2 Å². The SMILES string of the molecule is Cc1ccc(S(=O)(=O)n2ccc3cc(-c4cn(S(=O)(=O)c5ccc(C)cc5)c5ncc(-c6ccc(CN7CCN(C)CC7)cc6)cc45)cnc32)cc1.